The zero-order valence-electron chi connectivity index (χ0n) is 13.5. The second kappa shape index (κ2) is 6.03. The smallest absolute Gasteiger partial charge is 0.370 e. The minimum absolute atomic E-state index is 0.110. The molecular formula is C16H23F3N4. The van der Waals surface area contributed by atoms with Crippen molar-refractivity contribution in [3.63, 3.8) is 0 Å². The van der Waals surface area contributed by atoms with Crippen LogP contribution < -0.4 is 11.1 Å². The van der Waals surface area contributed by atoms with E-state index in [-0.39, 0.29) is 23.0 Å². The molecule has 1 saturated heterocycles. The van der Waals surface area contributed by atoms with E-state index in [4.69, 9.17) is 11.1 Å². The van der Waals surface area contributed by atoms with Gasteiger partial charge >= 0.3 is 6.18 Å². The van der Waals surface area contributed by atoms with Gasteiger partial charge in [-0.15, -0.1) is 0 Å². The molecule has 1 atom stereocenters. The van der Waals surface area contributed by atoms with Crippen molar-refractivity contribution in [2.45, 2.75) is 44.4 Å². The van der Waals surface area contributed by atoms with Crippen molar-refractivity contribution < 1.29 is 13.2 Å². The molecule has 0 radical (unpaired) electrons. The number of nitrogens with zero attached hydrogens (tertiary/aromatic N) is 1. The zero-order chi connectivity index (χ0) is 17.4. The molecule has 0 aromatic heterocycles. The molecule has 2 rings (SSSR count). The Bertz CT molecular complexity index is 571. The van der Waals surface area contributed by atoms with Crippen molar-refractivity contribution in [2.75, 3.05) is 13.1 Å². The van der Waals surface area contributed by atoms with Crippen molar-refractivity contribution in [3.05, 3.63) is 35.4 Å². The third-order valence-corrected chi connectivity index (χ3v) is 4.04. The van der Waals surface area contributed by atoms with E-state index in [0.717, 1.165) is 5.56 Å². The maximum absolute atomic E-state index is 13.5. The maximum Gasteiger partial charge on any atom is 0.407 e. The predicted molar refractivity (Wildman–Crippen MR) is 84.3 cm³/mol. The fourth-order valence-corrected chi connectivity index (χ4v) is 2.58. The number of rotatable bonds is 3. The van der Waals surface area contributed by atoms with Gasteiger partial charge < -0.3 is 10.6 Å². The van der Waals surface area contributed by atoms with Gasteiger partial charge in [-0.3, -0.25) is 10.7 Å². The van der Waals surface area contributed by atoms with Gasteiger partial charge in [0.05, 0.1) is 0 Å². The molecule has 1 aromatic rings. The topological polar surface area (TPSA) is 65.1 Å². The van der Waals surface area contributed by atoms with E-state index in [9.17, 15) is 13.2 Å². The highest BCUT2D eigenvalue weighted by Crippen LogP contribution is 2.35. The van der Waals surface area contributed by atoms with Crippen LogP contribution in [0.15, 0.2) is 24.3 Å². The van der Waals surface area contributed by atoms with E-state index in [1.165, 1.54) is 11.0 Å². The van der Waals surface area contributed by atoms with Crippen molar-refractivity contribution in [2.24, 2.45) is 5.73 Å². The summed E-state index contributed by atoms with van der Waals surface area (Å²) in [5, 5.41) is 9.92. The lowest BCUT2D eigenvalue weighted by Crippen LogP contribution is -2.62. The van der Waals surface area contributed by atoms with Crippen molar-refractivity contribution in [1.29, 1.82) is 5.41 Å². The average molecular weight is 328 g/mol. The fraction of sp³-hybridized carbons (Fsp3) is 0.562. The molecule has 1 aliphatic rings. The normalized spacial score (nSPS) is 17.7. The Morgan fingerprint density at radius 3 is 2.39 bits per heavy atom. The SMILES string of the molecule is CC(C)(C)c1cccc(C(NC2CN(C(=N)N)C2)C(F)(F)F)c1. The lowest BCUT2D eigenvalue weighted by molar-refractivity contribution is -0.161. The highest BCUT2D eigenvalue weighted by Gasteiger charge is 2.44. The molecule has 128 valence electrons. The van der Waals surface area contributed by atoms with Crippen LogP contribution in [0.2, 0.25) is 0 Å². The van der Waals surface area contributed by atoms with Crippen LogP contribution >= 0.6 is 0 Å². The summed E-state index contributed by atoms with van der Waals surface area (Å²) in [6.07, 6.45) is -4.38. The van der Waals surface area contributed by atoms with Gasteiger partial charge in [0.2, 0.25) is 0 Å². The summed E-state index contributed by atoms with van der Waals surface area (Å²) in [6, 6.07) is 4.58. The van der Waals surface area contributed by atoms with Gasteiger partial charge in [-0.2, -0.15) is 13.2 Å². The number of hydrogen-bond donors (Lipinski definition) is 3. The molecule has 0 aliphatic carbocycles. The Kier molecular flexibility index (Phi) is 4.61. The van der Waals surface area contributed by atoms with Crippen LogP contribution in [0.4, 0.5) is 13.2 Å². The Hall–Kier alpha value is -1.76. The van der Waals surface area contributed by atoms with Gasteiger partial charge in [-0.1, -0.05) is 45.0 Å². The summed E-state index contributed by atoms with van der Waals surface area (Å²) in [5.74, 6) is -0.110. The van der Waals surface area contributed by atoms with Gasteiger partial charge in [0.1, 0.15) is 6.04 Å². The third-order valence-electron chi connectivity index (χ3n) is 4.04. The molecule has 23 heavy (non-hydrogen) atoms. The first-order valence-electron chi connectivity index (χ1n) is 7.50. The summed E-state index contributed by atoms with van der Waals surface area (Å²) in [6.45, 7) is 6.55. The Balaban J connectivity index is 2.19. The van der Waals surface area contributed by atoms with E-state index in [0.29, 0.717) is 13.1 Å². The molecule has 7 heteroatoms. The van der Waals surface area contributed by atoms with Crippen LogP contribution in [-0.4, -0.2) is 36.2 Å². The molecule has 0 spiro atoms. The number of halogens is 3. The van der Waals surface area contributed by atoms with Gasteiger partial charge in [0, 0.05) is 19.1 Å². The van der Waals surface area contributed by atoms with Crippen LogP contribution in [0, 0.1) is 5.41 Å². The quantitative estimate of drug-likeness (QED) is 0.590. The van der Waals surface area contributed by atoms with E-state index in [1.54, 1.807) is 12.1 Å². The van der Waals surface area contributed by atoms with E-state index in [2.05, 4.69) is 5.32 Å². The first-order chi connectivity index (χ1) is 10.5. The highest BCUT2D eigenvalue weighted by molar-refractivity contribution is 5.75. The van der Waals surface area contributed by atoms with E-state index < -0.39 is 12.2 Å². The van der Waals surface area contributed by atoms with E-state index in [1.807, 2.05) is 26.8 Å². The Morgan fingerprint density at radius 1 is 1.30 bits per heavy atom. The number of nitrogens with two attached hydrogens (primary N) is 1. The number of benzene rings is 1. The zero-order valence-corrected chi connectivity index (χ0v) is 13.5. The molecule has 0 saturated carbocycles. The van der Waals surface area contributed by atoms with Gasteiger partial charge in [0.25, 0.3) is 0 Å². The van der Waals surface area contributed by atoms with Crippen LogP contribution in [0.25, 0.3) is 0 Å². The van der Waals surface area contributed by atoms with Crippen molar-refractivity contribution >= 4 is 5.96 Å². The summed E-state index contributed by atoms with van der Waals surface area (Å²) in [5.41, 5.74) is 6.18. The maximum atomic E-state index is 13.5. The molecule has 1 aliphatic heterocycles. The number of alkyl halides is 3. The highest BCUT2D eigenvalue weighted by atomic mass is 19.4. The molecule has 1 aromatic carbocycles. The second-order valence-electron chi connectivity index (χ2n) is 7.00. The molecule has 1 unspecified atom stereocenters. The number of hydrogen-bond acceptors (Lipinski definition) is 2. The minimum Gasteiger partial charge on any atom is -0.370 e. The van der Waals surface area contributed by atoms with Crippen molar-refractivity contribution in [1.82, 2.24) is 10.2 Å². The first-order valence-corrected chi connectivity index (χ1v) is 7.50. The number of likely N-dealkylation sites (tertiary alicyclic amines) is 1. The molecular weight excluding hydrogens is 305 g/mol. The predicted octanol–water partition coefficient (Wildman–Crippen LogP) is 2.75. The molecule has 1 heterocycles. The summed E-state index contributed by atoms with van der Waals surface area (Å²) in [7, 11) is 0. The summed E-state index contributed by atoms with van der Waals surface area (Å²) < 4.78 is 40.4. The van der Waals surface area contributed by atoms with Gasteiger partial charge in [-0.25, -0.2) is 0 Å². The fourth-order valence-electron chi connectivity index (χ4n) is 2.58. The van der Waals surface area contributed by atoms with Gasteiger partial charge in [0.15, 0.2) is 5.96 Å². The summed E-state index contributed by atoms with van der Waals surface area (Å²) >= 11 is 0. The molecule has 4 nitrogen and oxygen atoms in total. The molecule has 0 bridgehead atoms. The van der Waals surface area contributed by atoms with Crippen LogP contribution in [-0.2, 0) is 5.41 Å². The molecule has 0 amide bonds. The lowest BCUT2D eigenvalue weighted by Gasteiger charge is -2.42. The Morgan fingerprint density at radius 2 is 1.91 bits per heavy atom. The molecule has 4 N–H and O–H groups in total. The Labute approximate surface area is 134 Å². The third kappa shape index (κ3) is 4.16. The lowest BCUT2D eigenvalue weighted by atomic mass is 9.85. The average Bonchev–Trinajstić information content (AvgIpc) is 2.34. The monoisotopic (exact) mass is 328 g/mol. The summed E-state index contributed by atoms with van der Waals surface area (Å²) in [4.78, 5) is 1.52. The number of nitrogens with one attached hydrogen (secondary N) is 2. The van der Waals surface area contributed by atoms with Crippen LogP contribution in [0.1, 0.15) is 37.9 Å². The second-order valence-corrected chi connectivity index (χ2v) is 7.00. The minimum atomic E-state index is -4.38. The first kappa shape index (κ1) is 17.6. The van der Waals surface area contributed by atoms with Crippen LogP contribution in [0.3, 0.4) is 0 Å². The van der Waals surface area contributed by atoms with Crippen LogP contribution in [0.5, 0.6) is 0 Å². The largest absolute Gasteiger partial charge is 0.407 e. The van der Waals surface area contributed by atoms with E-state index >= 15 is 0 Å². The number of guanidine groups is 1. The van der Waals surface area contributed by atoms with Crippen molar-refractivity contribution in [3.8, 4) is 0 Å². The molecule has 1 fully saturated rings. The van der Waals surface area contributed by atoms with Gasteiger partial charge in [-0.05, 0) is 16.5 Å². The standard InChI is InChI=1S/C16H23F3N4/c1-15(2,3)11-6-4-5-10(7-11)13(16(17,18)19)22-12-8-23(9-12)14(20)21/h4-7,12-13,22H,8-9H2,1-3H3,(H3,20,21).